The molecule has 23 heavy (non-hydrogen) atoms. The lowest BCUT2D eigenvalue weighted by Crippen LogP contribution is -2.19. The van der Waals surface area contributed by atoms with Crippen molar-refractivity contribution in [2.24, 2.45) is 0 Å². The molecule has 120 valence electrons. The van der Waals surface area contributed by atoms with Crippen molar-refractivity contribution in [1.29, 1.82) is 0 Å². The van der Waals surface area contributed by atoms with Gasteiger partial charge in [0.2, 0.25) is 0 Å². The van der Waals surface area contributed by atoms with E-state index in [1.807, 2.05) is 19.1 Å². The summed E-state index contributed by atoms with van der Waals surface area (Å²) < 4.78 is 27.3. The van der Waals surface area contributed by atoms with E-state index in [1.54, 1.807) is 6.07 Å². The van der Waals surface area contributed by atoms with Crippen LogP contribution in [0.5, 0.6) is 0 Å². The molecule has 1 aliphatic rings. The second-order valence-corrected chi connectivity index (χ2v) is 5.74. The third kappa shape index (κ3) is 3.18. The molecule has 0 aromatic heterocycles. The van der Waals surface area contributed by atoms with Crippen LogP contribution < -0.4 is 10.2 Å². The van der Waals surface area contributed by atoms with Crippen molar-refractivity contribution in [1.82, 2.24) is 0 Å². The molecule has 1 heterocycles. The number of aryl methyl sites for hydroxylation is 1. The summed E-state index contributed by atoms with van der Waals surface area (Å²) in [4.78, 5) is 14.4. The van der Waals surface area contributed by atoms with Crippen LogP contribution in [-0.4, -0.2) is 19.0 Å². The van der Waals surface area contributed by atoms with Gasteiger partial charge in [-0.25, -0.2) is 8.78 Å². The van der Waals surface area contributed by atoms with Crippen LogP contribution in [0.15, 0.2) is 36.4 Å². The number of carbonyl (C=O) groups is 1. The van der Waals surface area contributed by atoms with Crippen molar-refractivity contribution in [3.05, 3.63) is 59.2 Å². The fraction of sp³-hybridized carbons (Fsp3) is 0.278. The minimum atomic E-state index is -0.867. The van der Waals surface area contributed by atoms with Gasteiger partial charge in [-0.05, 0) is 55.7 Å². The highest BCUT2D eigenvalue weighted by Crippen LogP contribution is 2.26. The minimum absolute atomic E-state index is 0.556. The lowest BCUT2D eigenvalue weighted by molar-refractivity contribution is 0.101. The van der Waals surface area contributed by atoms with E-state index in [-0.39, 0.29) is 0 Å². The highest BCUT2D eigenvalue weighted by atomic mass is 19.1. The zero-order valence-electron chi connectivity index (χ0n) is 12.9. The first-order valence-electron chi connectivity index (χ1n) is 7.67. The van der Waals surface area contributed by atoms with Crippen LogP contribution in [0.3, 0.4) is 0 Å². The number of carbonyl (C=O) groups excluding carboxylic acids is 1. The summed E-state index contributed by atoms with van der Waals surface area (Å²) in [6.45, 7) is 3.93. The molecule has 0 radical (unpaired) electrons. The van der Waals surface area contributed by atoms with E-state index in [2.05, 4.69) is 10.2 Å². The smallest absolute Gasteiger partial charge is 0.261 e. The second-order valence-electron chi connectivity index (χ2n) is 5.74. The van der Waals surface area contributed by atoms with Crippen molar-refractivity contribution in [2.75, 3.05) is 23.3 Å². The Balaban J connectivity index is 1.81. The van der Waals surface area contributed by atoms with Gasteiger partial charge in [0.1, 0.15) is 17.2 Å². The van der Waals surface area contributed by atoms with Crippen LogP contribution in [0, 0.1) is 18.6 Å². The van der Waals surface area contributed by atoms with Crippen LogP contribution in [0.25, 0.3) is 0 Å². The SMILES string of the molecule is Cc1cc(N2CCCC2)ccc1NC(=O)c1c(F)cccc1F. The van der Waals surface area contributed by atoms with Crippen molar-refractivity contribution in [3.8, 4) is 0 Å². The Morgan fingerprint density at radius 3 is 2.35 bits per heavy atom. The van der Waals surface area contributed by atoms with Gasteiger partial charge in [-0.15, -0.1) is 0 Å². The van der Waals surface area contributed by atoms with Gasteiger partial charge in [-0.2, -0.15) is 0 Å². The fourth-order valence-corrected chi connectivity index (χ4v) is 2.86. The topological polar surface area (TPSA) is 32.3 Å². The van der Waals surface area contributed by atoms with Crippen LogP contribution in [0.2, 0.25) is 0 Å². The number of amides is 1. The molecule has 0 aliphatic carbocycles. The Morgan fingerprint density at radius 1 is 1.09 bits per heavy atom. The highest BCUT2D eigenvalue weighted by molar-refractivity contribution is 6.05. The Kier molecular flexibility index (Phi) is 4.28. The molecule has 1 N–H and O–H groups in total. The Bertz CT molecular complexity index is 720. The van der Waals surface area contributed by atoms with E-state index in [1.165, 1.54) is 18.9 Å². The van der Waals surface area contributed by atoms with Crippen LogP contribution >= 0.6 is 0 Å². The van der Waals surface area contributed by atoms with Gasteiger partial charge >= 0.3 is 0 Å². The predicted molar refractivity (Wildman–Crippen MR) is 86.9 cm³/mol. The molecule has 1 fully saturated rings. The number of nitrogens with one attached hydrogen (secondary N) is 1. The van der Waals surface area contributed by atoms with Gasteiger partial charge < -0.3 is 10.2 Å². The summed E-state index contributed by atoms with van der Waals surface area (Å²) in [6, 6.07) is 9.06. The number of hydrogen-bond acceptors (Lipinski definition) is 2. The maximum Gasteiger partial charge on any atom is 0.261 e. The first-order valence-corrected chi connectivity index (χ1v) is 7.67. The summed E-state index contributed by atoms with van der Waals surface area (Å²) in [5.41, 5.74) is 1.96. The molecule has 1 amide bonds. The minimum Gasteiger partial charge on any atom is -0.372 e. The van der Waals surface area contributed by atoms with E-state index >= 15 is 0 Å². The molecule has 2 aromatic rings. The summed E-state index contributed by atoms with van der Waals surface area (Å²) >= 11 is 0. The maximum atomic E-state index is 13.7. The number of hydrogen-bond donors (Lipinski definition) is 1. The fourth-order valence-electron chi connectivity index (χ4n) is 2.86. The number of halogens is 2. The number of rotatable bonds is 3. The molecule has 1 aliphatic heterocycles. The van der Waals surface area contributed by atoms with Crippen molar-refractivity contribution in [3.63, 3.8) is 0 Å². The molecular formula is C18H18F2N2O. The molecular weight excluding hydrogens is 298 g/mol. The van der Waals surface area contributed by atoms with Crippen LogP contribution in [0.1, 0.15) is 28.8 Å². The normalized spacial score (nSPS) is 14.1. The van der Waals surface area contributed by atoms with Gasteiger partial charge in [0, 0.05) is 24.5 Å². The molecule has 0 atom stereocenters. The lowest BCUT2D eigenvalue weighted by Gasteiger charge is -2.19. The number of anilines is 2. The Labute approximate surface area is 133 Å². The molecule has 0 unspecified atom stereocenters. The molecule has 3 rings (SSSR count). The van der Waals surface area contributed by atoms with Gasteiger partial charge in [-0.1, -0.05) is 6.07 Å². The van der Waals surface area contributed by atoms with Gasteiger partial charge in [0.15, 0.2) is 0 Å². The first kappa shape index (κ1) is 15.5. The van der Waals surface area contributed by atoms with Gasteiger partial charge in [0.05, 0.1) is 0 Å². The Morgan fingerprint density at radius 2 is 1.74 bits per heavy atom. The van der Waals surface area contributed by atoms with Gasteiger partial charge in [0.25, 0.3) is 5.91 Å². The quantitative estimate of drug-likeness (QED) is 0.923. The van der Waals surface area contributed by atoms with Gasteiger partial charge in [-0.3, -0.25) is 4.79 Å². The zero-order valence-corrected chi connectivity index (χ0v) is 12.9. The maximum absolute atomic E-state index is 13.7. The highest BCUT2D eigenvalue weighted by Gasteiger charge is 2.18. The first-order chi connectivity index (χ1) is 11.1. The molecule has 0 spiro atoms. The Hall–Kier alpha value is -2.43. The van der Waals surface area contributed by atoms with Crippen LogP contribution in [0.4, 0.5) is 20.2 Å². The van der Waals surface area contributed by atoms with E-state index in [9.17, 15) is 13.6 Å². The van der Waals surface area contributed by atoms with Crippen molar-refractivity contribution in [2.45, 2.75) is 19.8 Å². The van der Waals surface area contributed by atoms with Crippen molar-refractivity contribution < 1.29 is 13.6 Å². The van der Waals surface area contributed by atoms with E-state index in [0.29, 0.717) is 5.69 Å². The summed E-state index contributed by atoms with van der Waals surface area (Å²) in [5, 5.41) is 2.59. The second kappa shape index (κ2) is 6.36. The molecule has 5 heteroatoms. The standard InChI is InChI=1S/C18H18F2N2O/c1-12-11-13(22-9-2-3-10-22)7-8-16(12)21-18(23)17-14(19)5-4-6-15(17)20/h4-8,11H,2-3,9-10H2,1H3,(H,21,23). The third-order valence-electron chi connectivity index (χ3n) is 4.12. The van der Waals surface area contributed by atoms with Crippen molar-refractivity contribution >= 4 is 17.3 Å². The summed E-state index contributed by atoms with van der Waals surface area (Å²) in [5.74, 6) is -2.51. The summed E-state index contributed by atoms with van der Waals surface area (Å²) in [6.07, 6.45) is 2.37. The van der Waals surface area contributed by atoms with Crippen LogP contribution in [-0.2, 0) is 0 Å². The molecule has 1 saturated heterocycles. The van der Waals surface area contributed by atoms with E-state index in [4.69, 9.17) is 0 Å². The zero-order chi connectivity index (χ0) is 16.4. The molecule has 0 saturated carbocycles. The monoisotopic (exact) mass is 316 g/mol. The largest absolute Gasteiger partial charge is 0.372 e. The molecule has 0 bridgehead atoms. The lowest BCUT2D eigenvalue weighted by atomic mass is 10.1. The molecule has 3 nitrogen and oxygen atoms in total. The predicted octanol–water partition coefficient (Wildman–Crippen LogP) is 4.13. The summed E-state index contributed by atoms with van der Waals surface area (Å²) in [7, 11) is 0. The average molecular weight is 316 g/mol. The number of benzene rings is 2. The third-order valence-corrected chi connectivity index (χ3v) is 4.12. The van der Waals surface area contributed by atoms with E-state index < -0.39 is 23.1 Å². The average Bonchev–Trinajstić information content (AvgIpc) is 3.03. The number of nitrogens with zero attached hydrogens (tertiary/aromatic N) is 1. The molecule has 2 aromatic carbocycles. The van der Waals surface area contributed by atoms with E-state index in [0.717, 1.165) is 36.5 Å².